The molecule has 0 spiro atoms. The van der Waals surface area contributed by atoms with Gasteiger partial charge >= 0.3 is 5.97 Å². The lowest BCUT2D eigenvalue weighted by molar-refractivity contribution is 0.0696. The third-order valence-corrected chi connectivity index (χ3v) is 2.44. The average Bonchev–Trinajstić information content (AvgIpc) is 2.17. The predicted octanol–water partition coefficient (Wildman–Crippen LogP) is 2.73. The summed E-state index contributed by atoms with van der Waals surface area (Å²) in [7, 11) is 0. The smallest absolute Gasteiger partial charge is 0.340 e. The summed E-state index contributed by atoms with van der Waals surface area (Å²) >= 11 is 5.74. The summed E-state index contributed by atoms with van der Waals surface area (Å²) in [5.41, 5.74) is -0.0517. The molecule has 1 unspecified atom stereocenters. The molecule has 0 saturated heterocycles. The summed E-state index contributed by atoms with van der Waals surface area (Å²) in [6.45, 7) is 4.07. The Hall–Kier alpha value is -1.16. The molecule has 15 heavy (non-hydrogen) atoms. The van der Waals surface area contributed by atoms with Gasteiger partial charge in [0.05, 0.1) is 0 Å². The number of hydrogen-bond donors (Lipinski definition) is 1. The van der Waals surface area contributed by atoms with Crippen LogP contribution in [0, 0.1) is 0 Å². The van der Waals surface area contributed by atoms with E-state index in [9.17, 15) is 4.79 Å². The number of carboxylic acids is 1. The molecule has 0 aromatic carbocycles. The molecule has 1 aromatic heterocycles. The molecule has 1 aromatic rings. The summed E-state index contributed by atoms with van der Waals surface area (Å²) in [4.78, 5) is 18.7. The third kappa shape index (κ3) is 2.89. The van der Waals surface area contributed by atoms with Gasteiger partial charge in [-0.15, -0.1) is 0 Å². The second-order valence-corrected chi connectivity index (χ2v) is 3.79. The Bertz CT molecular complexity index is 368. The minimum atomic E-state index is -1.10. The maximum Gasteiger partial charge on any atom is 0.340 e. The summed E-state index contributed by atoms with van der Waals surface area (Å²) in [6, 6.07) is 0. The lowest BCUT2D eigenvalue weighted by Crippen LogP contribution is -2.06. The van der Waals surface area contributed by atoms with Crippen molar-refractivity contribution in [1.29, 1.82) is 0 Å². The molecule has 82 valence electrons. The van der Waals surface area contributed by atoms with Gasteiger partial charge in [-0.25, -0.2) is 14.8 Å². The van der Waals surface area contributed by atoms with Crippen LogP contribution in [0.4, 0.5) is 0 Å². The van der Waals surface area contributed by atoms with Crippen molar-refractivity contribution in [2.45, 2.75) is 32.6 Å². The highest BCUT2D eigenvalue weighted by molar-refractivity contribution is 6.32. The second-order valence-electron chi connectivity index (χ2n) is 3.43. The van der Waals surface area contributed by atoms with E-state index in [2.05, 4.69) is 16.9 Å². The van der Waals surface area contributed by atoms with Crippen LogP contribution in [0.25, 0.3) is 0 Å². The standard InChI is InChI=1S/C10H13ClN2O2/c1-3-4-6(2)9-12-5-7(10(14)15)8(11)13-9/h5-6H,3-4H2,1-2H3,(H,14,15). The lowest BCUT2D eigenvalue weighted by Gasteiger charge is -2.08. The zero-order valence-corrected chi connectivity index (χ0v) is 9.45. The summed E-state index contributed by atoms with van der Waals surface area (Å²) in [5, 5.41) is 8.74. The molecule has 0 bridgehead atoms. The van der Waals surface area contributed by atoms with Crippen molar-refractivity contribution in [3.8, 4) is 0 Å². The third-order valence-electron chi connectivity index (χ3n) is 2.15. The van der Waals surface area contributed by atoms with Gasteiger partial charge in [-0.1, -0.05) is 31.9 Å². The van der Waals surface area contributed by atoms with Crippen molar-refractivity contribution in [3.05, 3.63) is 22.7 Å². The van der Waals surface area contributed by atoms with Crippen molar-refractivity contribution < 1.29 is 9.90 Å². The first-order valence-corrected chi connectivity index (χ1v) is 5.19. The zero-order valence-electron chi connectivity index (χ0n) is 8.70. The van der Waals surface area contributed by atoms with Crippen LogP contribution in [0.1, 0.15) is 48.8 Å². The zero-order chi connectivity index (χ0) is 11.4. The Balaban J connectivity index is 2.96. The molecule has 0 aliphatic heterocycles. The van der Waals surface area contributed by atoms with Crippen molar-refractivity contribution in [3.63, 3.8) is 0 Å². The highest BCUT2D eigenvalue weighted by Gasteiger charge is 2.14. The Morgan fingerprint density at radius 3 is 2.80 bits per heavy atom. The quantitative estimate of drug-likeness (QED) is 0.805. The Morgan fingerprint density at radius 1 is 1.67 bits per heavy atom. The summed E-state index contributed by atoms with van der Waals surface area (Å²) < 4.78 is 0. The van der Waals surface area contributed by atoms with Crippen LogP contribution in [0.2, 0.25) is 5.15 Å². The Labute approximate surface area is 93.3 Å². The van der Waals surface area contributed by atoms with E-state index in [4.69, 9.17) is 16.7 Å². The van der Waals surface area contributed by atoms with Crippen LogP contribution in [0.5, 0.6) is 0 Å². The van der Waals surface area contributed by atoms with E-state index < -0.39 is 5.97 Å². The molecule has 1 rings (SSSR count). The van der Waals surface area contributed by atoms with Gasteiger partial charge in [-0.05, 0) is 6.42 Å². The molecule has 0 aliphatic carbocycles. The Kier molecular flexibility index (Phi) is 4.03. The first-order valence-electron chi connectivity index (χ1n) is 4.82. The van der Waals surface area contributed by atoms with Gasteiger partial charge in [0.15, 0.2) is 0 Å². The number of carboxylic acid groups (broad SMARTS) is 1. The molecular weight excluding hydrogens is 216 g/mol. The number of aromatic nitrogens is 2. The maximum absolute atomic E-state index is 10.7. The number of rotatable bonds is 4. The minimum Gasteiger partial charge on any atom is -0.478 e. The van der Waals surface area contributed by atoms with Crippen LogP contribution in [-0.2, 0) is 0 Å². The second kappa shape index (κ2) is 5.07. The molecule has 0 fully saturated rings. The highest BCUT2D eigenvalue weighted by Crippen LogP contribution is 2.20. The normalized spacial score (nSPS) is 12.5. The van der Waals surface area contributed by atoms with Gasteiger partial charge in [-0.2, -0.15) is 0 Å². The maximum atomic E-state index is 10.7. The number of aromatic carboxylic acids is 1. The van der Waals surface area contributed by atoms with Gasteiger partial charge in [-0.3, -0.25) is 0 Å². The topological polar surface area (TPSA) is 63.1 Å². The molecule has 5 heteroatoms. The van der Waals surface area contributed by atoms with Gasteiger partial charge in [0, 0.05) is 12.1 Å². The fourth-order valence-corrected chi connectivity index (χ4v) is 1.53. The molecule has 0 amide bonds. The number of halogens is 1. The molecular formula is C10H13ClN2O2. The van der Waals surface area contributed by atoms with E-state index in [0.717, 1.165) is 12.8 Å². The van der Waals surface area contributed by atoms with Gasteiger partial charge in [0.1, 0.15) is 16.5 Å². The van der Waals surface area contributed by atoms with Crippen molar-refractivity contribution >= 4 is 17.6 Å². The van der Waals surface area contributed by atoms with E-state index >= 15 is 0 Å². The monoisotopic (exact) mass is 228 g/mol. The number of hydrogen-bond acceptors (Lipinski definition) is 3. The van der Waals surface area contributed by atoms with Crippen LogP contribution < -0.4 is 0 Å². The lowest BCUT2D eigenvalue weighted by atomic mass is 10.1. The SMILES string of the molecule is CCCC(C)c1ncc(C(=O)O)c(Cl)n1. The van der Waals surface area contributed by atoms with E-state index in [1.165, 1.54) is 6.20 Å². The predicted molar refractivity (Wildman–Crippen MR) is 57.3 cm³/mol. The average molecular weight is 229 g/mol. The van der Waals surface area contributed by atoms with Gasteiger partial charge < -0.3 is 5.11 Å². The fraction of sp³-hybridized carbons (Fsp3) is 0.500. The molecule has 0 radical (unpaired) electrons. The first kappa shape index (κ1) is 11.9. The molecule has 1 heterocycles. The summed E-state index contributed by atoms with van der Waals surface area (Å²) in [5.74, 6) is -0.295. The molecule has 0 aliphatic rings. The summed E-state index contributed by atoms with van der Waals surface area (Å²) in [6.07, 6.45) is 3.25. The Morgan fingerprint density at radius 2 is 2.33 bits per heavy atom. The molecule has 4 nitrogen and oxygen atoms in total. The molecule has 1 atom stereocenters. The van der Waals surface area contributed by atoms with E-state index in [-0.39, 0.29) is 16.6 Å². The number of carbonyl (C=O) groups is 1. The molecule has 1 N–H and O–H groups in total. The van der Waals surface area contributed by atoms with Gasteiger partial charge in [0.25, 0.3) is 0 Å². The van der Waals surface area contributed by atoms with Crippen LogP contribution >= 0.6 is 11.6 Å². The van der Waals surface area contributed by atoms with Crippen LogP contribution in [0.3, 0.4) is 0 Å². The number of nitrogens with zero attached hydrogens (tertiary/aromatic N) is 2. The van der Waals surface area contributed by atoms with Crippen molar-refractivity contribution in [2.75, 3.05) is 0 Å². The van der Waals surface area contributed by atoms with Crippen LogP contribution in [0.15, 0.2) is 6.20 Å². The fourth-order valence-electron chi connectivity index (χ4n) is 1.32. The largest absolute Gasteiger partial charge is 0.478 e. The van der Waals surface area contributed by atoms with Gasteiger partial charge in [0.2, 0.25) is 0 Å². The van der Waals surface area contributed by atoms with E-state index in [1.807, 2.05) is 6.92 Å². The van der Waals surface area contributed by atoms with Crippen LogP contribution in [-0.4, -0.2) is 21.0 Å². The first-order chi connectivity index (χ1) is 7.06. The highest BCUT2D eigenvalue weighted by atomic mass is 35.5. The van der Waals surface area contributed by atoms with Crippen molar-refractivity contribution in [1.82, 2.24) is 9.97 Å². The minimum absolute atomic E-state index is 0.00968. The van der Waals surface area contributed by atoms with E-state index in [1.54, 1.807) is 0 Å². The molecule has 0 saturated carbocycles. The van der Waals surface area contributed by atoms with Crippen molar-refractivity contribution in [2.24, 2.45) is 0 Å². The van der Waals surface area contributed by atoms with E-state index in [0.29, 0.717) is 5.82 Å².